The third-order valence-electron chi connectivity index (χ3n) is 4.49. The van der Waals surface area contributed by atoms with Crippen LogP contribution >= 0.6 is 0 Å². The van der Waals surface area contributed by atoms with E-state index in [9.17, 15) is 15.0 Å². The van der Waals surface area contributed by atoms with Crippen molar-refractivity contribution in [2.45, 2.75) is 39.2 Å². The number of carboxylic acid groups (broad SMARTS) is 1. The van der Waals surface area contributed by atoms with E-state index in [0.717, 1.165) is 12.0 Å². The van der Waals surface area contributed by atoms with Crippen LogP contribution in [0.3, 0.4) is 0 Å². The van der Waals surface area contributed by atoms with E-state index >= 15 is 0 Å². The Labute approximate surface area is 107 Å². The summed E-state index contributed by atoms with van der Waals surface area (Å²) < 4.78 is 0. The van der Waals surface area contributed by atoms with Gasteiger partial charge in [-0.05, 0) is 43.2 Å². The first-order valence-corrected chi connectivity index (χ1v) is 6.45. The van der Waals surface area contributed by atoms with Crippen LogP contribution in [-0.2, 0) is 17.6 Å². The highest BCUT2D eigenvalue weighted by molar-refractivity contribution is 5.76. The second kappa shape index (κ2) is 4.73. The van der Waals surface area contributed by atoms with Crippen LogP contribution in [0.25, 0.3) is 0 Å². The summed E-state index contributed by atoms with van der Waals surface area (Å²) >= 11 is 0. The zero-order valence-electron chi connectivity index (χ0n) is 10.9. The van der Waals surface area contributed by atoms with Crippen molar-refractivity contribution in [3.05, 3.63) is 35.4 Å². The van der Waals surface area contributed by atoms with Gasteiger partial charge in [-0.3, -0.25) is 4.79 Å². The molecule has 0 aliphatic heterocycles. The van der Waals surface area contributed by atoms with Gasteiger partial charge >= 0.3 is 5.97 Å². The molecule has 1 aromatic rings. The van der Waals surface area contributed by atoms with Crippen molar-refractivity contribution in [2.24, 2.45) is 11.3 Å². The lowest BCUT2D eigenvalue weighted by molar-refractivity contribution is -0.156. The fourth-order valence-electron chi connectivity index (χ4n) is 2.99. The SMILES string of the molecule is CC(O)C(C)C1(C(=O)O)CCc2ccccc2C1. The highest BCUT2D eigenvalue weighted by Crippen LogP contribution is 2.43. The predicted octanol–water partition coefficient (Wildman–Crippen LogP) is 2.26. The zero-order chi connectivity index (χ0) is 13.3. The number of hydrogen-bond acceptors (Lipinski definition) is 2. The summed E-state index contributed by atoms with van der Waals surface area (Å²) in [6.07, 6.45) is 1.29. The van der Waals surface area contributed by atoms with E-state index in [2.05, 4.69) is 6.07 Å². The van der Waals surface area contributed by atoms with E-state index in [1.807, 2.05) is 25.1 Å². The summed E-state index contributed by atoms with van der Waals surface area (Å²) in [6.45, 7) is 3.52. The number of fused-ring (bicyclic) bond motifs is 1. The van der Waals surface area contributed by atoms with Crippen LogP contribution in [0, 0.1) is 11.3 Å². The third kappa shape index (κ3) is 2.03. The number of benzene rings is 1. The van der Waals surface area contributed by atoms with Gasteiger partial charge < -0.3 is 10.2 Å². The van der Waals surface area contributed by atoms with Gasteiger partial charge in [0.05, 0.1) is 11.5 Å². The molecule has 3 nitrogen and oxygen atoms in total. The first-order valence-electron chi connectivity index (χ1n) is 6.45. The Balaban J connectivity index is 2.39. The second-order valence-corrected chi connectivity index (χ2v) is 5.44. The highest BCUT2D eigenvalue weighted by Gasteiger charge is 2.47. The van der Waals surface area contributed by atoms with Gasteiger partial charge in [0.25, 0.3) is 0 Å². The van der Waals surface area contributed by atoms with Crippen LogP contribution in [-0.4, -0.2) is 22.3 Å². The van der Waals surface area contributed by atoms with Gasteiger partial charge in [-0.25, -0.2) is 0 Å². The summed E-state index contributed by atoms with van der Waals surface area (Å²) in [4.78, 5) is 11.7. The molecule has 2 rings (SSSR count). The largest absolute Gasteiger partial charge is 0.481 e. The van der Waals surface area contributed by atoms with Crippen LogP contribution < -0.4 is 0 Å². The van der Waals surface area contributed by atoms with E-state index < -0.39 is 17.5 Å². The number of carboxylic acids is 1. The smallest absolute Gasteiger partial charge is 0.310 e. The molecule has 18 heavy (non-hydrogen) atoms. The van der Waals surface area contributed by atoms with Crippen molar-refractivity contribution >= 4 is 5.97 Å². The Hall–Kier alpha value is -1.35. The van der Waals surface area contributed by atoms with Crippen molar-refractivity contribution in [2.75, 3.05) is 0 Å². The lowest BCUT2D eigenvalue weighted by atomic mass is 9.63. The van der Waals surface area contributed by atoms with Crippen molar-refractivity contribution in [3.8, 4) is 0 Å². The quantitative estimate of drug-likeness (QED) is 0.862. The van der Waals surface area contributed by atoms with Gasteiger partial charge in [0.15, 0.2) is 0 Å². The fraction of sp³-hybridized carbons (Fsp3) is 0.533. The number of rotatable bonds is 3. The molecule has 1 aromatic carbocycles. The van der Waals surface area contributed by atoms with E-state index in [0.29, 0.717) is 12.8 Å². The van der Waals surface area contributed by atoms with Gasteiger partial charge in [0.1, 0.15) is 0 Å². The number of aryl methyl sites for hydroxylation is 1. The molecule has 3 atom stereocenters. The van der Waals surface area contributed by atoms with E-state index in [1.54, 1.807) is 6.92 Å². The fourth-order valence-corrected chi connectivity index (χ4v) is 2.99. The Morgan fingerprint density at radius 2 is 1.89 bits per heavy atom. The minimum Gasteiger partial charge on any atom is -0.481 e. The summed E-state index contributed by atoms with van der Waals surface area (Å²) in [5, 5.41) is 19.4. The average molecular weight is 248 g/mol. The monoisotopic (exact) mass is 248 g/mol. The van der Waals surface area contributed by atoms with Gasteiger partial charge in [0.2, 0.25) is 0 Å². The molecule has 0 spiro atoms. The molecule has 0 radical (unpaired) electrons. The van der Waals surface area contributed by atoms with E-state index in [-0.39, 0.29) is 5.92 Å². The lowest BCUT2D eigenvalue weighted by Gasteiger charge is -2.40. The molecule has 0 fully saturated rings. The molecule has 1 aliphatic rings. The number of carbonyl (C=O) groups is 1. The molecule has 0 saturated carbocycles. The van der Waals surface area contributed by atoms with Crippen LogP contribution in [0.15, 0.2) is 24.3 Å². The number of hydrogen-bond donors (Lipinski definition) is 2. The average Bonchev–Trinajstić information content (AvgIpc) is 2.36. The maximum atomic E-state index is 11.7. The summed E-state index contributed by atoms with van der Waals surface area (Å²) in [7, 11) is 0. The highest BCUT2D eigenvalue weighted by atomic mass is 16.4. The summed E-state index contributed by atoms with van der Waals surface area (Å²) in [5.41, 5.74) is 1.52. The molecule has 0 heterocycles. The molecule has 1 aliphatic carbocycles. The Kier molecular flexibility index (Phi) is 3.44. The molecular formula is C15H20O3. The van der Waals surface area contributed by atoms with Gasteiger partial charge in [-0.15, -0.1) is 0 Å². The molecule has 3 unspecified atom stereocenters. The minimum atomic E-state index is -0.831. The molecular weight excluding hydrogens is 228 g/mol. The Morgan fingerprint density at radius 3 is 2.44 bits per heavy atom. The molecule has 0 saturated heterocycles. The Morgan fingerprint density at radius 1 is 1.28 bits per heavy atom. The second-order valence-electron chi connectivity index (χ2n) is 5.44. The number of aliphatic hydroxyl groups is 1. The van der Waals surface area contributed by atoms with Crippen LogP contribution in [0.1, 0.15) is 31.4 Å². The van der Waals surface area contributed by atoms with Crippen molar-refractivity contribution in [3.63, 3.8) is 0 Å². The van der Waals surface area contributed by atoms with Crippen LogP contribution in [0.5, 0.6) is 0 Å². The lowest BCUT2D eigenvalue weighted by Crippen LogP contribution is -2.46. The maximum Gasteiger partial charge on any atom is 0.310 e. The number of aliphatic hydroxyl groups excluding tert-OH is 1. The minimum absolute atomic E-state index is 0.247. The summed E-state index contributed by atoms with van der Waals surface area (Å²) in [6, 6.07) is 8.00. The predicted molar refractivity (Wildman–Crippen MR) is 69.4 cm³/mol. The van der Waals surface area contributed by atoms with Crippen LogP contribution in [0.2, 0.25) is 0 Å². The van der Waals surface area contributed by atoms with E-state index in [1.165, 1.54) is 5.56 Å². The number of aliphatic carboxylic acids is 1. The van der Waals surface area contributed by atoms with Crippen molar-refractivity contribution in [1.82, 2.24) is 0 Å². The van der Waals surface area contributed by atoms with E-state index in [4.69, 9.17) is 0 Å². The standard InChI is InChI=1S/C15H20O3/c1-10(11(2)16)15(14(17)18)8-7-12-5-3-4-6-13(12)9-15/h3-6,10-11,16H,7-9H2,1-2H3,(H,17,18). The summed E-state index contributed by atoms with van der Waals surface area (Å²) in [5.74, 6) is -1.03. The molecule has 98 valence electrons. The van der Waals surface area contributed by atoms with Gasteiger partial charge in [-0.2, -0.15) is 0 Å². The van der Waals surface area contributed by atoms with Gasteiger partial charge in [0, 0.05) is 0 Å². The van der Waals surface area contributed by atoms with Crippen molar-refractivity contribution in [1.29, 1.82) is 0 Å². The molecule has 0 bridgehead atoms. The van der Waals surface area contributed by atoms with Crippen LogP contribution in [0.4, 0.5) is 0 Å². The topological polar surface area (TPSA) is 57.5 Å². The normalized spacial score (nSPS) is 26.2. The molecule has 0 aromatic heterocycles. The molecule has 0 amide bonds. The Bertz CT molecular complexity index is 453. The zero-order valence-corrected chi connectivity index (χ0v) is 10.9. The molecule has 3 heteroatoms. The first-order chi connectivity index (χ1) is 8.47. The maximum absolute atomic E-state index is 11.7. The first kappa shape index (κ1) is 13.1. The van der Waals surface area contributed by atoms with Crippen molar-refractivity contribution < 1.29 is 15.0 Å². The third-order valence-corrected chi connectivity index (χ3v) is 4.49. The van der Waals surface area contributed by atoms with Gasteiger partial charge in [-0.1, -0.05) is 31.2 Å². The molecule has 2 N–H and O–H groups in total.